The molecule has 1 aromatic rings. The molecule has 0 aliphatic carbocycles. The fourth-order valence-corrected chi connectivity index (χ4v) is 2.40. The zero-order valence-electron chi connectivity index (χ0n) is 8.18. The minimum atomic E-state index is -3.76. The molecule has 1 unspecified atom stereocenters. The van der Waals surface area contributed by atoms with E-state index in [1.807, 2.05) is 0 Å². The Morgan fingerprint density at radius 2 is 2.47 bits per heavy atom. The normalized spacial score (nSPS) is 20.8. The van der Waals surface area contributed by atoms with Gasteiger partial charge in [-0.05, 0) is 6.42 Å². The topological polar surface area (TPSA) is 61.2 Å². The van der Waals surface area contributed by atoms with Crippen molar-refractivity contribution in [1.82, 2.24) is 9.78 Å². The van der Waals surface area contributed by atoms with E-state index in [0.29, 0.717) is 19.1 Å². The molecule has 0 saturated carbocycles. The van der Waals surface area contributed by atoms with Crippen molar-refractivity contribution >= 4 is 19.7 Å². The van der Waals surface area contributed by atoms with Crippen molar-refractivity contribution in [3.8, 4) is 5.88 Å². The molecule has 84 valence electrons. The van der Waals surface area contributed by atoms with Crippen LogP contribution >= 0.6 is 10.7 Å². The molecule has 0 bridgehead atoms. The van der Waals surface area contributed by atoms with Gasteiger partial charge in [-0.1, -0.05) is 6.92 Å². The summed E-state index contributed by atoms with van der Waals surface area (Å²) in [6.45, 7) is 3.25. The van der Waals surface area contributed by atoms with Crippen molar-refractivity contribution in [3.05, 3.63) is 6.20 Å². The molecule has 1 aliphatic rings. The van der Waals surface area contributed by atoms with Gasteiger partial charge in [-0.15, -0.1) is 0 Å². The summed E-state index contributed by atoms with van der Waals surface area (Å²) in [7, 11) is 1.48. The summed E-state index contributed by atoms with van der Waals surface area (Å²) in [4.78, 5) is -0.0429. The number of ether oxygens (including phenoxy) is 1. The minimum absolute atomic E-state index is 0.0429. The average Bonchev–Trinajstić information content (AvgIpc) is 2.59. The van der Waals surface area contributed by atoms with E-state index in [0.717, 1.165) is 6.42 Å². The van der Waals surface area contributed by atoms with E-state index in [-0.39, 0.29) is 10.8 Å². The van der Waals surface area contributed by atoms with E-state index in [1.165, 1.54) is 6.20 Å². The Morgan fingerprint density at radius 1 is 1.73 bits per heavy atom. The highest BCUT2D eigenvalue weighted by Gasteiger charge is 2.27. The molecule has 0 amide bonds. The van der Waals surface area contributed by atoms with Gasteiger partial charge in [-0.2, -0.15) is 5.10 Å². The number of nitrogens with zero attached hydrogens (tertiary/aromatic N) is 2. The van der Waals surface area contributed by atoms with E-state index in [9.17, 15) is 8.42 Å². The third kappa shape index (κ3) is 1.96. The van der Waals surface area contributed by atoms with Crippen LogP contribution in [0.25, 0.3) is 0 Å². The molecule has 15 heavy (non-hydrogen) atoms. The zero-order chi connectivity index (χ0) is 11.1. The van der Waals surface area contributed by atoms with Gasteiger partial charge in [0, 0.05) is 16.6 Å². The molecule has 1 aromatic heterocycles. The first-order valence-corrected chi connectivity index (χ1v) is 6.96. The first-order valence-electron chi connectivity index (χ1n) is 4.65. The molecule has 1 aliphatic heterocycles. The minimum Gasteiger partial charge on any atom is -0.477 e. The highest BCUT2D eigenvalue weighted by atomic mass is 35.7. The van der Waals surface area contributed by atoms with Gasteiger partial charge in [-0.3, -0.25) is 0 Å². The molecule has 0 N–H and O–H groups in total. The summed E-state index contributed by atoms with van der Waals surface area (Å²) in [6, 6.07) is 0. The quantitative estimate of drug-likeness (QED) is 0.741. The molecule has 2 rings (SSSR count). The predicted octanol–water partition coefficient (Wildman–Crippen LogP) is 1.23. The van der Waals surface area contributed by atoms with Gasteiger partial charge in [0.15, 0.2) is 4.90 Å². The van der Waals surface area contributed by atoms with Crippen LogP contribution in [0.3, 0.4) is 0 Å². The van der Waals surface area contributed by atoms with Crippen LogP contribution in [0.5, 0.6) is 5.88 Å². The number of hydrogen-bond donors (Lipinski definition) is 0. The van der Waals surface area contributed by atoms with Crippen LogP contribution in [0.4, 0.5) is 0 Å². The lowest BCUT2D eigenvalue weighted by Gasteiger charge is -2.23. The molecule has 2 heterocycles. The summed E-state index contributed by atoms with van der Waals surface area (Å²) in [6.07, 6.45) is 2.21. The Labute approximate surface area is 92.4 Å². The number of halogens is 1. The monoisotopic (exact) mass is 250 g/mol. The second-order valence-electron chi connectivity index (χ2n) is 3.52. The Morgan fingerprint density at radius 3 is 3.07 bits per heavy atom. The van der Waals surface area contributed by atoms with Crippen LogP contribution in [0, 0.1) is 5.92 Å². The van der Waals surface area contributed by atoms with Crippen molar-refractivity contribution in [2.75, 3.05) is 6.61 Å². The molecule has 0 fully saturated rings. The predicted molar refractivity (Wildman–Crippen MR) is 54.5 cm³/mol. The Bertz CT molecular complexity index is 468. The largest absolute Gasteiger partial charge is 0.477 e. The fraction of sp³-hybridized carbons (Fsp3) is 0.625. The summed E-state index contributed by atoms with van der Waals surface area (Å²) < 4.78 is 29.2. The van der Waals surface area contributed by atoms with Crippen LogP contribution in [0.2, 0.25) is 0 Å². The summed E-state index contributed by atoms with van der Waals surface area (Å²) in [5.41, 5.74) is 0. The fourth-order valence-electron chi connectivity index (χ4n) is 1.54. The van der Waals surface area contributed by atoms with Gasteiger partial charge >= 0.3 is 0 Å². The van der Waals surface area contributed by atoms with Crippen LogP contribution in [0.1, 0.15) is 13.3 Å². The SMILES string of the molecule is CCC1COc2c(S(=O)(=O)Cl)cnn2C1. The maximum absolute atomic E-state index is 11.1. The van der Waals surface area contributed by atoms with Gasteiger partial charge < -0.3 is 4.74 Å². The van der Waals surface area contributed by atoms with Gasteiger partial charge in [0.25, 0.3) is 9.05 Å². The summed E-state index contributed by atoms with van der Waals surface area (Å²) in [5.74, 6) is 0.637. The summed E-state index contributed by atoms with van der Waals surface area (Å²) >= 11 is 0. The Balaban J connectivity index is 2.38. The highest BCUT2D eigenvalue weighted by molar-refractivity contribution is 8.13. The van der Waals surface area contributed by atoms with Crippen molar-refractivity contribution in [2.45, 2.75) is 24.8 Å². The zero-order valence-corrected chi connectivity index (χ0v) is 9.75. The van der Waals surface area contributed by atoms with Crippen LogP contribution < -0.4 is 4.74 Å². The second-order valence-corrected chi connectivity index (χ2v) is 6.05. The van der Waals surface area contributed by atoms with E-state index in [1.54, 1.807) is 4.68 Å². The molecule has 0 spiro atoms. The third-order valence-corrected chi connectivity index (χ3v) is 3.79. The van der Waals surface area contributed by atoms with Crippen LogP contribution in [0.15, 0.2) is 11.1 Å². The van der Waals surface area contributed by atoms with Crippen molar-refractivity contribution in [3.63, 3.8) is 0 Å². The molecular formula is C8H11ClN2O3S. The Hall–Kier alpha value is -0.750. The lowest BCUT2D eigenvalue weighted by Crippen LogP contribution is -2.25. The van der Waals surface area contributed by atoms with E-state index in [4.69, 9.17) is 15.4 Å². The van der Waals surface area contributed by atoms with Crippen LogP contribution in [-0.2, 0) is 15.6 Å². The maximum atomic E-state index is 11.1. The highest BCUT2D eigenvalue weighted by Crippen LogP contribution is 2.30. The molecule has 0 saturated heterocycles. The van der Waals surface area contributed by atoms with E-state index in [2.05, 4.69) is 12.0 Å². The number of fused-ring (bicyclic) bond motifs is 1. The van der Waals surface area contributed by atoms with Crippen LogP contribution in [-0.4, -0.2) is 24.8 Å². The maximum Gasteiger partial charge on any atom is 0.268 e. The van der Waals surface area contributed by atoms with Gasteiger partial charge in [0.05, 0.1) is 19.3 Å². The lowest BCUT2D eigenvalue weighted by atomic mass is 10.1. The smallest absolute Gasteiger partial charge is 0.268 e. The third-order valence-electron chi connectivity index (χ3n) is 2.49. The summed E-state index contributed by atoms with van der Waals surface area (Å²) in [5, 5.41) is 3.95. The molecule has 7 heteroatoms. The average molecular weight is 251 g/mol. The standard InChI is InChI=1S/C8H11ClN2O3S/c1-2-6-4-11-8(14-5-6)7(3-10-11)15(9,12)13/h3,6H,2,4-5H2,1H3. The van der Waals surface area contributed by atoms with Gasteiger partial charge in [-0.25, -0.2) is 13.1 Å². The van der Waals surface area contributed by atoms with Crippen molar-refractivity contribution in [2.24, 2.45) is 5.92 Å². The second kappa shape index (κ2) is 3.68. The lowest BCUT2D eigenvalue weighted by molar-refractivity contribution is 0.157. The first kappa shape index (κ1) is 10.8. The van der Waals surface area contributed by atoms with Gasteiger partial charge in [0.1, 0.15) is 0 Å². The molecule has 1 atom stereocenters. The number of aromatic nitrogens is 2. The number of hydrogen-bond acceptors (Lipinski definition) is 4. The van der Waals surface area contributed by atoms with Crippen molar-refractivity contribution in [1.29, 1.82) is 0 Å². The molecular weight excluding hydrogens is 240 g/mol. The van der Waals surface area contributed by atoms with E-state index < -0.39 is 9.05 Å². The molecule has 0 radical (unpaired) electrons. The molecule has 5 nitrogen and oxygen atoms in total. The Kier molecular flexibility index (Phi) is 2.64. The van der Waals surface area contributed by atoms with E-state index >= 15 is 0 Å². The number of rotatable bonds is 2. The first-order chi connectivity index (χ1) is 7.02. The molecule has 0 aromatic carbocycles. The van der Waals surface area contributed by atoms with Gasteiger partial charge in [0.2, 0.25) is 5.88 Å². The van der Waals surface area contributed by atoms with Crippen molar-refractivity contribution < 1.29 is 13.2 Å².